The summed E-state index contributed by atoms with van der Waals surface area (Å²) in [5.74, 6) is -2.39. The fourth-order valence-electron chi connectivity index (χ4n) is 2.35. The lowest BCUT2D eigenvalue weighted by molar-refractivity contribution is -0.157. The molecular formula is C11H16N2O5S. The van der Waals surface area contributed by atoms with Crippen LogP contribution in [0.3, 0.4) is 0 Å². The predicted molar refractivity (Wildman–Crippen MR) is 65.7 cm³/mol. The van der Waals surface area contributed by atoms with E-state index in [-0.39, 0.29) is 24.5 Å². The molecule has 0 aromatic rings. The van der Waals surface area contributed by atoms with Crippen LogP contribution >= 0.6 is 0 Å². The maximum Gasteiger partial charge on any atom is 0.252 e. The minimum atomic E-state index is -3.18. The van der Waals surface area contributed by atoms with Crippen LogP contribution in [0.25, 0.3) is 0 Å². The molecule has 2 aliphatic rings. The lowest BCUT2D eigenvalue weighted by atomic mass is 9.95. The highest BCUT2D eigenvalue weighted by Gasteiger charge is 2.46. The lowest BCUT2D eigenvalue weighted by Gasteiger charge is -2.41. The number of piperazine rings is 1. The standard InChI is InChI=1S/C11H16N2O5S/c1-11(2)10(16)12-8(14)5-13(11)9(15)7-3-4-19(17,18)6-7/h7H,3-6H2,1-2H3,(H,12,14,16). The van der Waals surface area contributed by atoms with E-state index in [1.54, 1.807) is 0 Å². The van der Waals surface area contributed by atoms with Crippen LogP contribution in [0.2, 0.25) is 0 Å². The number of amides is 3. The number of carbonyl (C=O) groups excluding carboxylic acids is 3. The van der Waals surface area contributed by atoms with Crippen LogP contribution in [0.5, 0.6) is 0 Å². The van der Waals surface area contributed by atoms with Crippen molar-refractivity contribution >= 4 is 27.6 Å². The fraction of sp³-hybridized carbons (Fsp3) is 0.727. The molecule has 0 saturated carbocycles. The highest BCUT2D eigenvalue weighted by atomic mass is 32.2. The first kappa shape index (κ1) is 14.0. The molecule has 2 fully saturated rings. The third-order valence-electron chi connectivity index (χ3n) is 3.63. The van der Waals surface area contributed by atoms with E-state index in [1.807, 2.05) is 0 Å². The van der Waals surface area contributed by atoms with E-state index in [0.29, 0.717) is 0 Å². The number of imide groups is 1. The molecule has 1 unspecified atom stereocenters. The molecule has 3 amide bonds. The van der Waals surface area contributed by atoms with Crippen LogP contribution in [0.1, 0.15) is 20.3 Å². The van der Waals surface area contributed by atoms with Crippen molar-refractivity contribution in [3.05, 3.63) is 0 Å². The van der Waals surface area contributed by atoms with Gasteiger partial charge in [0.2, 0.25) is 11.8 Å². The summed E-state index contributed by atoms with van der Waals surface area (Å²) in [6.07, 6.45) is 0.254. The van der Waals surface area contributed by atoms with Crippen molar-refractivity contribution < 1.29 is 22.8 Å². The van der Waals surface area contributed by atoms with Crippen molar-refractivity contribution in [2.24, 2.45) is 5.92 Å². The van der Waals surface area contributed by atoms with Gasteiger partial charge < -0.3 is 4.90 Å². The molecule has 0 radical (unpaired) electrons. The Hall–Kier alpha value is -1.44. The van der Waals surface area contributed by atoms with Crippen molar-refractivity contribution in [1.29, 1.82) is 0 Å². The highest BCUT2D eigenvalue weighted by Crippen LogP contribution is 2.26. The number of hydrogen-bond donors (Lipinski definition) is 1. The van der Waals surface area contributed by atoms with Crippen LogP contribution in [-0.4, -0.2) is 54.6 Å². The summed E-state index contributed by atoms with van der Waals surface area (Å²) >= 11 is 0. The van der Waals surface area contributed by atoms with E-state index in [9.17, 15) is 22.8 Å². The summed E-state index contributed by atoms with van der Waals surface area (Å²) in [6, 6.07) is 0. The molecule has 1 N–H and O–H groups in total. The third-order valence-corrected chi connectivity index (χ3v) is 5.40. The van der Waals surface area contributed by atoms with Crippen molar-refractivity contribution in [3.63, 3.8) is 0 Å². The SMILES string of the molecule is CC1(C)C(=O)NC(=O)CN1C(=O)C1CCS(=O)(=O)C1. The molecule has 0 spiro atoms. The van der Waals surface area contributed by atoms with E-state index in [2.05, 4.69) is 5.32 Å². The van der Waals surface area contributed by atoms with E-state index in [1.165, 1.54) is 18.7 Å². The lowest BCUT2D eigenvalue weighted by Crippen LogP contribution is -2.66. The zero-order valence-corrected chi connectivity index (χ0v) is 11.6. The van der Waals surface area contributed by atoms with Crippen molar-refractivity contribution in [2.75, 3.05) is 18.1 Å². The normalized spacial score (nSPS) is 29.2. The average Bonchev–Trinajstić information content (AvgIpc) is 2.63. The van der Waals surface area contributed by atoms with Gasteiger partial charge in [-0.25, -0.2) is 8.42 Å². The van der Waals surface area contributed by atoms with Gasteiger partial charge in [0.15, 0.2) is 9.84 Å². The topological polar surface area (TPSA) is 101 Å². The van der Waals surface area contributed by atoms with Crippen LogP contribution in [-0.2, 0) is 24.2 Å². The van der Waals surface area contributed by atoms with Gasteiger partial charge >= 0.3 is 0 Å². The molecule has 2 heterocycles. The summed E-state index contributed by atoms with van der Waals surface area (Å²) in [5, 5.41) is 2.17. The van der Waals surface area contributed by atoms with Crippen molar-refractivity contribution in [1.82, 2.24) is 10.2 Å². The number of hydrogen-bond acceptors (Lipinski definition) is 5. The first-order valence-electron chi connectivity index (χ1n) is 6.00. The van der Waals surface area contributed by atoms with E-state index in [4.69, 9.17) is 0 Å². The van der Waals surface area contributed by atoms with E-state index >= 15 is 0 Å². The third kappa shape index (κ3) is 2.49. The van der Waals surface area contributed by atoms with Crippen LogP contribution in [0.4, 0.5) is 0 Å². The monoisotopic (exact) mass is 288 g/mol. The molecule has 2 aliphatic heterocycles. The van der Waals surface area contributed by atoms with Gasteiger partial charge in [-0.1, -0.05) is 0 Å². The average molecular weight is 288 g/mol. The Morgan fingerprint density at radius 3 is 2.53 bits per heavy atom. The zero-order valence-electron chi connectivity index (χ0n) is 10.8. The Labute approximate surface area is 111 Å². The van der Waals surface area contributed by atoms with Gasteiger partial charge in [-0.2, -0.15) is 0 Å². The Morgan fingerprint density at radius 2 is 2.00 bits per heavy atom. The van der Waals surface area contributed by atoms with E-state index < -0.39 is 39.0 Å². The molecule has 0 aromatic carbocycles. The molecule has 2 rings (SSSR count). The number of nitrogens with zero attached hydrogens (tertiary/aromatic N) is 1. The van der Waals surface area contributed by atoms with Gasteiger partial charge in [0.25, 0.3) is 5.91 Å². The van der Waals surface area contributed by atoms with Crippen molar-refractivity contribution in [3.8, 4) is 0 Å². The van der Waals surface area contributed by atoms with Gasteiger partial charge in [0.05, 0.1) is 17.4 Å². The quantitative estimate of drug-likeness (QED) is 0.603. The Morgan fingerprint density at radius 1 is 1.37 bits per heavy atom. The van der Waals surface area contributed by atoms with Crippen LogP contribution in [0.15, 0.2) is 0 Å². The molecule has 0 aliphatic carbocycles. The first-order valence-corrected chi connectivity index (χ1v) is 7.82. The second kappa shape index (κ2) is 4.29. The Bertz CT molecular complexity index is 551. The largest absolute Gasteiger partial charge is 0.319 e. The Balaban J connectivity index is 2.22. The maximum absolute atomic E-state index is 12.3. The van der Waals surface area contributed by atoms with Crippen molar-refractivity contribution in [2.45, 2.75) is 25.8 Å². The molecule has 106 valence electrons. The fourth-order valence-corrected chi connectivity index (χ4v) is 4.08. The van der Waals surface area contributed by atoms with Gasteiger partial charge in [0.1, 0.15) is 12.1 Å². The molecule has 1 atom stereocenters. The number of nitrogens with one attached hydrogen (secondary N) is 1. The smallest absolute Gasteiger partial charge is 0.252 e. The van der Waals surface area contributed by atoms with Crippen LogP contribution in [0, 0.1) is 5.92 Å². The molecular weight excluding hydrogens is 272 g/mol. The highest BCUT2D eigenvalue weighted by molar-refractivity contribution is 7.91. The second-order valence-electron chi connectivity index (χ2n) is 5.46. The van der Waals surface area contributed by atoms with Gasteiger partial charge in [-0.05, 0) is 20.3 Å². The van der Waals surface area contributed by atoms with Gasteiger partial charge in [0, 0.05) is 0 Å². The summed E-state index contributed by atoms with van der Waals surface area (Å²) < 4.78 is 22.8. The maximum atomic E-state index is 12.3. The molecule has 7 nitrogen and oxygen atoms in total. The number of sulfone groups is 1. The molecule has 0 bridgehead atoms. The second-order valence-corrected chi connectivity index (χ2v) is 7.69. The predicted octanol–water partition coefficient (Wildman–Crippen LogP) is -1.32. The summed E-state index contributed by atoms with van der Waals surface area (Å²) in [6.45, 7) is 2.86. The Kier molecular flexibility index (Phi) is 3.16. The molecule has 19 heavy (non-hydrogen) atoms. The van der Waals surface area contributed by atoms with E-state index in [0.717, 1.165) is 0 Å². The molecule has 2 saturated heterocycles. The summed E-state index contributed by atoms with van der Waals surface area (Å²) in [7, 11) is -3.18. The minimum Gasteiger partial charge on any atom is -0.319 e. The van der Waals surface area contributed by atoms with Gasteiger partial charge in [-0.3, -0.25) is 19.7 Å². The zero-order chi connectivity index (χ0) is 14.4. The minimum absolute atomic E-state index is 0.0161. The number of rotatable bonds is 1. The van der Waals surface area contributed by atoms with Crippen LogP contribution < -0.4 is 5.32 Å². The summed E-state index contributed by atoms with van der Waals surface area (Å²) in [4.78, 5) is 36.6. The number of carbonyl (C=O) groups is 3. The first-order chi connectivity index (χ1) is 8.63. The summed E-state index contributed by atoms with van der Waals surface area (Å²) in [5.41, 5.74) is -1.14. The molecule has 0 aromatic heterocycles. The van der Waals surface area contributed by atoms with Gasteiger partial charge in [-0.15, -0.1) is 0 Å². The molecule has 8 heteroatoms.